The Labute approximate surface area is 110 Å². The van der Waals surface area contributed by atoms with Gasteiger partial charge in [-0.25, -0.2) is 4.39 Å². The summed E-state index contributed by atoms with van der Waals surface area (Å²) >= 11 is 0. The number of halogens is 1. The fourth-order valence-corrected chi connectivity index (χ4v) is 1.49. The van der Waals surface area contributed by atoms with Crippen LogP contribution in [0, 0.1) is 5.82 Å². The van der Waals surface area contributed by atoms with Gasteiger partial charge in [0.15, 0.2) is 6.61 Å². The summed E-state index contributed by atoms with van der Waals surface area (Å²) < 4.78 is 18.2. The largest absolute Gasteiger partial charge is 0.484 e. The van der Waals surface area contributed by atoms with Crippen molar-refractivity contribution in [1.82, 2.24) is 4.98 Å². The van der Waals surface area contributed by atoms with Crippen molar-refractivity contribution in [2.24, 2.45) is 0 Å². The van der Waals surface area contributed by atoms with Crippen LogP contribution in [-0.4, -0.2) is 24.5 Å². The highest BCUT2D eigenvalue weighted by Crippen LogP contribution is 2.13. The van der Waals surface area contributed by atoms with Gasteiger partial charge < -0.3 is 9.64 Å². The summed E-state index contributed by atoms with van der Waals surface area (Å²) in [5.74, 6) is -0.309. The molecule has 0 saturated carbocycles. The molecule has 0 radical (unpaired) electrons. The van der Waals surface area contributed by atoms with E-state index in [4.69, 9.17) is 4.74 Å². The Morgan fingerprint density at radius 1 is 1.37 bits per heavy atom. The highest BCUT2D eigenvalue weighted by atomic mass is 19.1. The summed E-state index contributed by atoms with van der Waals surface area (Å²) in [5, 5.41) is 0. The van der Waals surface area contributed by atoms with Crippen molar-refractivity contribution in [2.45, 2.75) is 0 Å². The van der Waals surface area contributed by atoms with Crippen molar-refractivity contribution in [1.29, 1.82) is 0 Å². The lowest BCUT2D eigenvalue weighted by molar-refractivity contribution is -0.120. The fourth-order valence-electron chi connectivity index (χ4n) is 1.49. The second kappa shape index (κ2) is 5.95. The van der Waals surface area contributed by atoms with Gasteiger partial charge in [0, 0.05) is 19.3 Å². The molecule has 4 nitrogen and oxygen atoms in total. The van der Waals surface area contributed by atoms with Crippen LogP contribution in [0.1, 0.15) is 0 Å². The first-order chi connectivity index (χ1) is 9.16. The third kappa shape index (κ3) is 3.51. The number of hydrogen-bond donors (Lipinski definition) is 0. The highest BCUT2D eigenvalue weighted by Gasteiger charge is 2.11. The zero-order valence-electron chi connectivity index (χ0n) is 10.4. The number of rotatable bonds is 4. The quantitative estimate of drug-likeness (QED) is 0.846. The monoisotopic (exact) mass is 260 g/mol. The molecule has 0 aliphatic heterocycles. The zero-order valence-corrected chi connectivity index (χ0v) is 10.4. The minimum Gasteiger partial charge on any atom is -0.484 e. The molecule has 0 aliphatic rings. The summed E-state index contributed by atoms with van der Waals surface area (Å²) in [6, 6.07) is 9.19. The number of pyridine rings is 1. The van der Waals surface area contributed by atoms with Gasteiger partial charge in [-0.2, -0.15) is 0 Å². The predicted octanol–water partition coefficient (Wildman–Crippen LogP) is 2.26. The Morgan fingerprint density at radius 3 is 2.89 bits per heavy atom. The van der Waals surface area contributed by atoms with Crippen LogP contribution in [0.25, 0.3) is 0 Å². The second-order valence-corrected chi connectivity index (χ2v) is 3.91. The SMILES string of the molecule is CN(C(=O)COc1cccc(F)c1)c1cccnc1. The first-order valence-electron chi connectivity index (χ1n) is 5.72. The van der Waals surface area contributed by atoms with Crippen molar-refractivity contribution < 1.29 is 13.9 Å². The highest BCUT2D eigenvalue weighted by molar-refractivity contribution is 5.93. The maximum absolute atomic E-state index is 12.9. The van der Waals surface area contributed by atoms with Gasteiger partial charge in [-0.3, -0.25) is 9.78 Å². The van der Waals surface area contributed by atoms with E-state index >= 15 is 0 Å². The van der Waals surface area contributed by atoms with Gasteiger partial charge in [0.05, 0.1) is 11.9 Å². The molecule has 0 atom stereocenters. The van der Waals surface area contributed by atoms with Crippen LogP contribution in [0.4, 0.5) is 10.1 Å². The normalized spacial score (nSPS) is 10.0. The molecule has 0 unspecified atom stereocenters. The van der Waals surface area contributed by atoms with Gasteiger partial charge in [-0.15, -0.1) is 0 Å². The minimum absolute atomic E-state index is 0.158. The summed E-state index contributed by atoms with van der Waals surface area (Å²) in [5.41, 5.74) is 0.676. The molecule has 0 N–H and O–H groups in total. The number of carbonyl (C=O) groups excluding carboxylic acids is 1. The Kier molecular flexibility index (Phi) is 4.07. The molecule has 98 valence electrons. The van der Waals surface area contributed by atoms with Crippen LogP contribution in [0.2, 0.25) is 0 Å². The number of carbonyl (C=O) groups is 1. The molecular weight excluding hydrogens is 247 g/mol. The molecule has 0 aliphatic carbocycles. The summed E-state index contributed by atoms with van der Waals surface area (Å²) in [4.78, 5) is 17.3. The fraction of sp³-hybridized carbons (Fsp3) is 0.143. The second-order valence-electron chi connectivity index (χ2n) is 3.91. The van der Waals surface area contributed by atoms with E-state index in [1.165, 1.54) is 23.1 Å². The van der Waals surface area contributed by atoms with Crippen molar-refractivity contribution in [3.05, 3.63) is 54.6 Å². The van der Waals surface area contributed by atoms with E-state index in [1.807, 2.05) is 0 Å². The zero-order chi connectivity index (χ0) is 13.7. The maximum Gasteiger partial charge on any atom is 0.264 e. The van der Waals surface area contributed by atoms with Gasteiger partial charge in [-0.1, -0.05) is 6.07 Å². The van der Waals surface area contributed by atoms with Gasteiger partial charge >= 0.3 is 0 Å². The van der Waals surface area contributed by atoms with Crippen molar-refractivity contribution in [2.75, 3.05) is 18.6 Å². The number of likely N-dealkylation sites (N-methyl/N-ethyl adjacent to an activating group) is 1. The predicted molar refractivity (Wildman–Crippen MR) is 69.5 cm³/mol. The van der Waals surface area contributed by atoms with Crippen LogP contribution in [-0.2, 0) is 4.79 Å². The first kappa shape index (κ1) is 13.0. The Bertz CT molecular complexity index is 560. The minimum atomic E-state index is -0.398. The molecule has 0 spiro atoms. The maximum atomic E-state index is 12.9. The van der Waals surface area contributed by atoms with Gasteiger partial charge in [0.25, 0.3) is 5.91 Å². The average molecular weight is 260 g/mol. The Morgan fingerprint density at radius 2 is 2.21 bits per heavy atom. The topological polar surface area (TPSA) is 42.4 Å². The summed E-state index contributed by atoms with van der Waals surface area (Å²) in [6.07, 6.45) is 3.21. The molecule has 5 heteroatoms. The van der Waals surface area contributed by atoms with Crippen LogP contribution >= 0.6 is 0 Å². The van der Waals surface area contributed by atoms with Crippen LogP contribution < -0.4 is 9.64 Å². The lowest BCUT2D eigenvalue weighted by Crippen LogP contribution is -2.31. The number of aromatic nitrogens is 1. The molecule has 1 aromatic carbocycles. The molecule has 1 amide bonds. The Hall–Kier alpha value is -2.43. The third-order valence-corrected chi connectivity index (χ3v) is 2.57. The van der Waals surface area contributed by atoms with Crippen LogP contribution in [0.15, 0.2) is 48.8 Å². The van der Waals surface area contributed by atoms with Gasteiger partial charge in [-0.05, 0) is 24.3 Å². The molecule has 0 fully saturated rings. The van der Waals surface area contributed by atoms with E-state index in [9.17, 15) is 9.18 Å². The smallest absolute Gasteiger partial charge is 0.264 e. The van der Waals surface area contributed by atoms with E-state index < -0.39 is 5.82 Å². The van der Waals surface area contributed by atoms with E-state index in [0.29, 0.717) is 11.4 Å². The molecule has 1 aromatic heterocycles. The molecule has 1 heterocycles. The van der Waals surface area contributed by atoms with E-state index in [0.717, 1.165) is 0 Å². The van der Waals surface area contributed by atoms with Crippen LogP contribution in [0.5, 0.6) is 5.75 Å². The molecule has 0 bridgehead atoms. The van der Waals surface area contributed by atoms with E-state index in [-0.39, 0.29) is 12.5 Å². The van der Waals surface area contributed by atoms with Crippen LogP contribution in [0.3, 0.4) is 0 Å². The first-order valence-corrected chi connectivity index (χ1v) is 5.72. The summed E-state index contributed by atoms with van der Waals surface area (Å²) in [7, 11) is 1.63. The standard InChI is InChI=1S/C14H13FN2O2/c1-17(12-5-3-7-16-9-12)14(18)10-19-13-6-2-4-11(15)8-13/h2-9H,10H2,1H3. The molecule has 2 aromatic rings. The third-order valence-electron chi connectivity index (χ3n) is 2.57. The molecule has 2 rings (SSSR count). The molecule has 19 heavy (non-hydrogen) atoms. The van der Waals surface area contributed by atoms with Crippen molar-refractivity contribution in [3.8, 4) is 5.75 Å². The van der Waals surface area contributed by atoms with E-state index in [1.54, 1.807) is 37.6 Å². The lowest BCUT2D eigenvalue weighted by Gasteiger charge is -2.17. The number of anilines is 1. The number of hydrogen-bond acceptors (Lipinski definition) is 3. The van der Waals surface area contributed by atoms with Gasteiger partial charge in [0.1, 0.15) is 11.6 Å². The van der Waals surface area contributed by atoms with Gasteiger partial charge in [0.2, 0.25) is 0 Å². The Balaban J connectivity index is 1.95. The number of amides is 1. The number of ether oxygens (including phenoxy) is 1. The number of nitrogens with zero attached hydrogens (tertiary/aromatic N) is 2. The van der Waals surface area contributed by atoms with Crippen molar-refractivity contribution in [3.63, 3.8) is 0 Å². The molecule has 0 saturated heterocycles. The summed E-state index contributed by atoms with van der Waals surface area (Å²) in [6.45, 7) is -0.158. The van der Waals surface area contributed by atoms with E-state index in [2.05, 4.69) is 4.98 Å². The number of benzene rings is 1. The molecular formula is C14H13FN2O2. The lowest BCUT2D eigenvalue weighted by atomic mass is 10.3. The van der Waals surface area contributed by atoms with Crippen molar-refractivity contribution >= 4 is 11.6 Å². The average Bonchev–Trinajstić information content (AvgIpc) is 2.45.